The largest absolute Gasteiger partial charge is 0.497 e. The predicted molar refractivity (Wildman–Crippen MR) is 108 cm³/mol. The van der Waals surface area contributed by atoms with E-state index in [-0.39, 0.29) is 0 Å². The Hall–Kier alpha value is -2.16. The van der Waals surface area contributed by atoms with Crippen molar-refractivity contribution < 1.29 is 33.5 Å². The van der Waals surface area contributed by atoms with Crippen molar-refractivity contribution in [2.75, 3.05) is 13.7 Å². The van der Waals surface area contributed by atoms with Crippen LogP contribution < -0.4 is 9.47 Å². The molecule has 0 radical (unpaired) electrons. The summed E-state index contributed by atoms with van der Waals surface area (Å²) in [4.78, 5) is 0. The van der Waals surface area contributed by atoms with Crippen LogP contribution >= 0.6 is 0 Å². The van der Waals surface area contributed by atoms with Gasteiger partial charge in [-0.1, -0.05) is 30.3 Å². The topological polar surface area (TPSA) is 75.6 Å². The van der Waals surface area contributed by atoms with E-state index in [4.69, 9.17) is 28.4 Å². The van der Waals surface area contributed by atoms with Gasteiger partial charge in [-0.3, -0.25) is 0 Å². The highest BCUT2D eigenvalue weighted by Gasteiger charge is 2.52. The Kier molecular flexibility index (Phi) is 6.26. The number of fused-ring (bicyclic) bond motifs is 1. The molecule has 7 heteroatoms. The van der Waals surface area contributed by atoms with Crippen molar-refractivity contribution in [2.45, 2.75) is 56.9 Å². The second-order valence-corrected chi connectivity index (χ2v) is 7.88. The highest BCUT2D eigenvalue weighted by atomic mass is 16.8. The maximum atomic E-state index is 11.1. The van der Waals surface area contributed by atoms with Gasteiger partial charge in [0.05, 0.1) is 20.3 Å². The summed E-state index contributed by atoms with van der Waals surface area (Å²) in [6.45, 7) is 4.33. The van der Waals surface area contributed by atoms with Gasteiger partial charge in [0, 0.05) is 0 Å². The Labute approximate surface area is 176 Å². The van der Waals surface area contributed by atoms with Gasteiger partial charge in [-0.15, -0.1) is 0 Å². The number of hydrogen-bond donors (Lipinski definition) is 1. The lowest BCUT2D eigenvalue weighted by Crippen LogP contribution is -2.65. The highest BCUT2D eigenvalue weighted by molar-refractivity contribution is 5.31. The maximum Gasteiger partial charge on any atom is 0.229 e. The third kappa shape index (κ3) is 4.77. The number of methoxy groups -OCH3 is 1. The number of ether oxygens (including phenoxy) is 6. The van der Waals surface area contributed by atoms with Crippen molar-refractivity contribution in [3.05, 3.63) is 60.2 Å². The minimum atomic E-state index is -1.05. The number of benzene rings is 2. The molecule has 2 fully saturated rings. The molecular formula is C23H28O7. The molecule has 0 bridgehead atoms. The van der Waals surface area contributed by atoms with Gasteiger partial charge in [-0.25, -0.2) is 0 Å². The van der Waals surface area contributed by atoms with Crippen LogP contribution in [0, 0.1) is 0 Å². The molecule has 2 aliphatic heterocycles. The van der Waals surface area contributed by atoms with Crippen LogP contribution in [0.25, 0.3) is 0 Å². The first kappa shape index (κ1) is 21.1. The minimum absolute atomic E-state index is 0.318. The Bertz CT molecular complexity index is 808. The molecule has 2 aliphatic rings. The third-order valence-corrected chi connectivity index (χ3v) is 5.23. The predicted octanol–water partition coefficient (Wildman–Crippen LogP) is 2.90. The number of aliphatic hydroxyl groups is 1. The van der Waals surface area contributed by atoms with Gasteiger partial charge in [0.25, 0.3) is 0 Å². The zero-order chi connectivity index (χ0) is 21.1. The third-order valence-electron chi connectivity index (χ3n) is 5.23. The van der Waals surface area contributed by atoms with E-state index in [0.29, 0.717) is 24.7 Å². The molecule has 2 unspecified atom stereocenters. The van der Waals surface area contributed by atoms with Crippen LogP contribution in [0.5, 0.6) is 11.5 Å². The van der Waals surface area contributed by atoms with Crippen molar-refractivity contribution in [3.63, 3.8) is 0 Å². The zero-order valence-electron chi connectivity index (χ0n) is 17.4. The second-order valence-electron chi connectivity index (χ2n) is 7.88. The van der Waals surface area contributed by atoms with E-state index in [2.05, 4.69) is 0 Å². The quantitative estimate of drug-likeness (QED) is 0.776. The van der Waals surface area contributed by atoms with Gasteiger partial charge in [-0.2, -0.15) is 0 Å². The van der Waals surface area contributed by atoms with E-state index in [1.54, 1.807) is 31.4 Å². The van der Waals surface area contributed by atoms with Crippen molar-refractivity contribution >= 4 is 0 Å². The number of aliphatic hydroxyl groups excluding tert-OH is 1. The van der Waals surface area contributed by atoms with Crippen LogP contribution in [0.3, 0.4) is 0 Å². The molecule has 4 rings (SSSR count). The van der Waals surface area contributed by atoms with Crippen LogP contribution in [0.2, 0.25) is 0 Å². The average Bonchev–Trinajstić information content (AvgIpc) is 2.75. The van der Waals surface area contributed by atoms with E-state index in [1.165, 1.54) is 0 Å². The fourth-order valence-corrected chi connectivity index (χ4v) is 3.66. The summed E-state index contributed by atoms with van der Waals surface area (Å²) in [7, 11) is 1.60. The van der Waals surface area contributed by atoms with Gasteiger partial charge in [0.15, 0.2) is 5.79 Å². The molecule has 2 heterocycles. The first-order valence-corrected chi connectivity index (χ1v) is 10.1. The summed E-state index contributed by atoms with van der Waals surface area (Å²) in [5, 5.41) is 11.1. The summed E-state index contributed by atoms with van der Waals surface area (Å²) < 4.78 is 35.1. The molecule has 0 aliphatic carbocycles. The Morgan fingerprint density at radius 1 is 1.03 bits per heavy atom. The summed E-state index contributed by atoms with van der Waals surface area (Å²) in [5.41, 5.74) is 1.01. The summed E-state index contributed by atoms with van der Waals surface area (Å²) in [5.74, 6) is 0.480. The molecule has 0 spiro atoms. The number of hydrogen-bond acceptors (Lipinski definition) is 7. The SMILES string of the molecule is COc1ccc(O[C@@H]2OC3COC(C)(C)O[C@H]3[C@@H](OCc3ccccc3)C2O)cc1. The van der Waals surface area contributed by atoms with Gasteiger partial charge < -0.3 is 33.5 Å². The van der Waals surface area contributed by atoms with E-state index < -0.39 is 36.5 Å². The van der Waals surface area contributed by atoms with Crippen LogP contribution in [0.4, 0.5) is 0 Å². The van der Waals surface area contributed by atoms with Crippen LogP contribution in [0.1, 0.15) is 19.4 Å². The van der Waals surface area contributed by atoms with Gasteiger partial charge in [-0.05, 0) is 43.7 Å². The molecule has 2 saturated heterocycles. The van der Waals surface area contributed by atoms with Crippen molar-refractivity contribution in [1.29, 1.82) is 0 Å². The molecule has 7 nitrogen and oxygen atoms in total. The monoisotopic (exact) mass is 416 g/mol. The van der Waals surface area contributed by atoms with E-state index >= 15 is 0 Å². The first-order chi connectivity index (χ1) is 14.4. The molecule has 0 saturated carbocycles. The van der Waals surface area contributed by atoms with Crippen molar-refractivity contribution in [2.24, 2.45) is 0 Å². The standard InChI is InChI=1S/C23H28O7/c1-23(2)27-14-18-20(30-23)21(26-13-15-7-5-4-6-8-15)19(24)22(29-18)28-17-11-9-16(25-3)10-12-17/h4-12,18-22,24H,13-14H2,1-3H3/t18?,19?,20-,21+,22-/m1/s1. The Morgan fingerprint density at radius 3 is 2.43 bits per heavy atom. The first-order valence-electron chi connectivity index (χ1n) is 10.1. The normalized spacial score (nSPS) is 30.3. The maximum absolute atomic E-state index is 11.1. The lowest BCUT2D eigenvalue weighted by Gasteiger charge is -2.49. The van der Waals surface area contributed by atoms with Crippen molar-refractivity contribution in [3.8, 4) is 11.5 Å². The molecule has 1 N–H and O–H groups in total. The molecule has 0 amide bonds. The van der Waals surface area contributed by atoms with Gasteiger partial charge >= 0.3 is 0 Å². The second kappa shape index (κ2) is 8.91. The van der Waals surface area contributed by atoms with E-state index in [9.17, 15) is 5.11 Å². The molecule has 0 aromatic heterocycles. The van der Waals surface area contributed by atoms with Crippen LogP contribution in [-0.4, -0.2) is 55.3 Å². The van der Waals surface area contributed by atoms with Gasteiger partial charge in [0.1, 0.15) is 35.9 Å². The van der Waals surface area contributed by atoms with E-state index in [0.717, 1.165) is 5.56 Å². The summed E-state index contributed by atoms with van der Waals surface area (Å²) in [6, 6.07) is 16.9. The van der Waals surface area contributed by atoms with Crippen molar-refractivity contribution in [1.82, 2.24) is 0 Å². The molecular weight excluding hydrogens is 388 g/mol. The highest BCUT2D eigenvalue weighted by Crippen LogP contribution is 2.35. The summed E-state index contributed by atoms with van der Waals surface area (Å²) >= 11 is 0. The fourth-order valence-electron chi connectivity index (χ4n) is 3.66. The van der Waals surface area contributed by atoms with E-state index in [1.807, 2.05) is 44.2 Å². The molecule has 2 aromatic carbocycles. The average molecular weight is 416 g/mol. The molecule has 162 valence electrons. The molecule has 2 aromatic rings. The van der Waals surface area contributed by atoms with Crippen LogP contribution in [-0.2, 0) is 25.6 Å². The lowest BCUT2D eigenvalue weighted by atomic mass is 9.97. The Balaban J connectivity index is 1.51. The fraction of sp³-hybridized carbons (Fsp3) is 0.478. The van der Waals surface area contributed by atoms with Crippen LogP contribution in [0.15, 0.2) is 54.6 Å². The summed E-state index contributed by atoms with van der Waals surface area (Å²) in [6.07, 6.45) is -3.52. The number of rotatable bonds is 6. The molecule has 30 heavy (non-hydrogen) atoms. The minimum Gasteiger partial charge on any atom is -0.497 e. The smallest absolute Gasteiger partial charge is 0.229 e. The Morgan fingerprint density at radius 2 is 1.73 bits per heavy atom. The molecule has 5 atom stereocenters. The van der Waals surface area contributed by atoms with Gasteiger partial charge in [0.2, 0.25) is 6.29 Å². The lowest BCUT2D eigenvalue weighted by molar-refractivity contribution is -0.378. The zero-order valence-corrected chi connectivity index (χ0v) is 17.4.